The number of carbonyl (C=O) groups is 1. The highest BCUT2D eigenvalue weighted by atomic mass is 35.5. The third kappa shape index (κ3) is 4.15. The van der Waals surface area contributed by atoms with Crippen LogP contribution in [0.15, 0.2) is 42.5 Å². The predicted octanol–water partition coefficient (Wildman–Crippen LogP) is 3.90. The van der Waals surface area contributed by atoms with Crippen molar-refractivity contribution in [3.8, 4) is 0 Å². The van der Waals surface area contributed by atoms with E-state index in [0.29, 0.717) is 5.39 Å². The van der Waals surface area contributed by atoms with Gasteiger partial charge in [0.1, 0.15) is 5.82 Å². The smallest absolute Gasteiger partial charge is 0.291 e. The van der Waals surface area contributed by atoms with E-state index in [1.54, 1.807) is 0 Å². The van der Waals surface area contributed by atoms with Crippen LogP contribution >= 0.6 is 11.6 Å². The van der Waals surface area contributed by atoms with E-state index < -0.39 is 23.5 Å². The molecule has 0 aliphatic rings. The second-order valence-corrected chi connectivity index (χ2v) is 6.29. The molecule has 0 radical (unpaired) electrons. The molecule has 1 aromatic heterocycles. The summed E-state index contributed by atoms with van der Waals surface area (Å²) in [6, 6.07) is 7.10. The molecule has 3 rings (SSSR count). The summed E-state index contributed by atoms with van der Waals surface area (Å²) in [6.07, 6.45) is -2.15. The average molecular weight is 413 g/mol. The van der Waals surface area contributed by atoms with Crippen molar-refractivity contribution >= 4 is 34.5 Å². The van der Waals surface area contributed by atoms with Crippen molar-refractivity contribution in [2.24, 2.45) is 5.84 Å². The van der Waals surface area contributed by atoms with Gasteiger partial charge in [0, 0.05) is 22.0 Å². The molecule has 0 spiro atoms. The second-order valence-electron chi connectivity index (χ2n) is 5.85. The van der Waals surface area contributed by atoms with Gasteiger partial charge in [-0.05, 0) is 36.4 Å². The highest BCUT2D eigenvalue weighted by Crippen LogP contribution is 2.33. The maximum atomic E-state index is 14.1. The highest BCUT2D eigenvalue weighted by molar-refractivity contribution is 6.30. The van der Waals surface area contributed by atoms with E-state index in [1.165, 1.54) is 29.0 Å². The van der Waals surface area contributed by atoms with Crippen molar-refractivity contribution in [2.45, 2.75) is 12.7 Å². The number of hydrogen-bond acceptors (Lipinski definition) is 3. The molecule has 0 unspecified atom stereocenters. The van der Waals surface area contributed by atoms with Crippen LogP contribution in [-0.4, -0.2) is 15.7 Å². The normalized spacial score (nSPS) is 12.1. The van der Waals surface area contributed by atoms with Gasteiger partial charge in [-0.15, -0.1) is 0 Å². The van der Waals surface area contributed by atoms with Crippen molar-refractivity contribution in [1.29, 1.82) is 0 Å². The number of nitrogens with zero attached hydrogens (tertiary/aromatic N) is 2. The van der Waals surface area contributed by atoms with E-state index in [0.717, 1.165) is 24.3 Å². The standard InChI is InChI=1S/C18H13ClF4N4O/c19-12-3-1-10(14(20)8-12)9-27-16-7-11(18(21,22)23)2-4-13(16)15(26-27)5-6-17(28)25-24/h1-8H,9,24H2,(H,25,28). The number of fused-ring (bicyclic) bond motifs is 1. The number of hydrazine groups is 1. The van der Waals surface area contributed by atoms with Gasteiger partial charge in [0.2, 0.25) is 0 Å². The van der Waals surface area contributed by atoms with E-state index >= 15 is 0 Å². The molecule has 0 bridgehead atoms. The lowest BCUT2D eigenvalue weighted by Gasteiger charge is -2.09. The van der Waals surface area contributed by atoms with Gasteiger partial charge in [-0.2, -0.15) is 18.3 Å². The fraction of sp³-hybridized carbons (Fsp3) is 0.111. The van der Waals surface area contributed by atoms with Gasteiger partial charge < -0.3 is 0 Å². The van der Waals surface area contributed by atoms with E-state index in [-0.39, 0.29) is 28.3 Å². The fourth-order valence-corrected chi connectivity index (χ4v) is 2.79. The Hall–Kier alpha value is -2.91. The largest absolute Gasteiger partial charge is 0.416 e. The lowest BCUT2D eigenvalue weighted by atomic mass is 10.1. The van der Waals surface area contributed by atoms with Crippen LogP contribution in [0.2, 0.25) is 5.02 Å². The Kier molecular flexibility index (Phi) is 5.39. The second kappa shape index (κ2) is 7.61. The van der Waals surface area contributed by atoms with Crippen LogP contribution in [0.3, 0.4) is 0 Å². The molecule has 28 heavy (non-hydrogen) atoms. The van der Waals surface area contributed by atoms with Crippen molar-refractivity contribution in [3.05, 3.63) is 70.1 Å². The Labute approximate surface area is 161 Å². The molecule has 5 nitrogen and oxygen atoms in total. The molecule has 1 heterocycles. The van der Waals surface area contributed by atoms with Gasteiger partial charge in [0.25, 0.3) is 5.91 Å². The Balaban J connectivity index is 2.13. The number of rotatable bonds is 4. The summed E-state index contributed by atoms with van der Waals surface area (Å²) in [5, 5.41) is 4.78. The molecule has 1 amide bonds. The number of benzene rings is 2. The van der Waals surface area contributed by atoms with Crippen molar-refractivity contribution < 1.29 is 22.4 Å². The van der Waals surface area contributed by atoms with Crippen LogP contribution in [0.4, 0.5) is 17.6 Å². The molecule has 2 aromatic carbocycles. The van der Waals surface area contributed by atoms with Gasteiger partial charge in [-0.1, -0.05) is 17.7 Å². The van der Waals surface area contributed by atoms with Crippen molar-refractivity contribution in [3.63, 3.8) is 0 Å². The van der Waals surface area contributed by atoms with Gasteiger partial charge in [0.15, 0.2) is 0 Å². The number of aromatic nitrogens is 2. The highest BCUT2D eigenvalue weighted by Gasteiger charge is 2.31. The van der Waals surface area contributed by atoms with E-state index in [2.05, 4.69) is 5.10 Å². The quantitative estimate of drug-likeness (QED) is 0.224. The number of hydrogen-bond donors (Lipinski definition) is 2. The zero-order valence-electron chi connectivity index (χ0n) is 14.1. The van der Waals surface area contributed by atoms with Crippen LogP contribution in [0.1, 0.15) is 16.8 Å². The Morgan fingerprint density at radius 3 is 2.64 bits per heavy atom. The molecule has 3 aromatic rings. The minimum Gasteiger partial charge on any atom is -0.291 e. The third-order valence-electron chi connectivity index (χ3n) is 3.98. The lowest BCUT2D eigenvalue weighted by Crippen LogP contribution is -2.27. The molecular weight excluding hydrogens is 400 g/mol. The summed E-state index contributed by atoms with van der Waals surface area (Å²) >= 11 is 5.73. The van der Waals surface area contributed by atoms with Crippen molar-refractivity contribution in [2.75, 3.05) is 0 Å². The molecular formula is C18H13ClF4N4O. The summed E-state index contributed by atoms with van der Waals surface area (Å²) in [6.45, 7) is -0.127. The topological polar surface area (TPSA) is 72.9 Å². The predicted molar refractivity (Wildman–Crippen MR) is 96.6 cm³/mol. The van der Waals surface area contributed by atoms with Gasteiger partial charge in [-0.3, -0.25) is 14.9 Å². The molecule has 0 atom stereocenters. The first kappa shape index (κ1) is 19.8. The Morgan fingerprint density at radius 2 is 2.00 bits per heavy atom. The van der Waals surface area contributed by atoms with Crippen LogP contribution in [0.25, 0.3) is 17.0 Å². The molecule has 10 heteroatoms. The molecule has 146 valence electrons. The molecule has 0 saturated carbocycles. The first-order valence-electron chi connectivity index (χ1n) is 7.89. The third-order valence-corrected chi connectivity index (χ3v) is 4.21. The van der Waals surface area contributed by atoms with E-state index in [4.69, 9.17) is 17.4 Å². The minimum atomic E-state index is -4.55. The van der Waals surface area contributed by atoms with Crippen LogP contribution in [0.5, 0.6) is 0 Å². The van der Waals surface area contributed by atoms with E-state index in [1.807, 2.05) is 5.43 Å². The summed E-state index contributed by atoms with van der Waals surface area (Å²) in [5.41, 5.74) is 1.60. The number of halogens is 5. The van der Waals surface area contributed by atoms with Crippen LogP contribution in [-0.2, 0) is 17.5 Å². The zero-order chi connectivity index (χ0) is 20.5. The van der Waals surface area contributed by atoms with E-state index in [9.17, 15) is 22.4 Å². The van der Waals surface area contributed by atoms with Crippen LogP contribution in [0, 0.1) is 5.82 Å². The first-order valence-corrected chi connectivity index (χ1v) is 8.27. The number of nitrogens with one attached hydrogen (secondary N) is 1. The first-order chi connectivity index (χ1) is 13.2. The molecule has 0 aliphatic carbocycles. The lowest BCUT2D eigenvalue weighted by molar-refractivity contribution is -0.137. The summed E-state index contributed by atoms with van der Waals surface area (Å²) in [7, 11) is 0. The minimum absolute atomic E-state index is 0.127. The van der Waals surface area contributed by atoms with Gasteiger partial charge >= 0.3 is 6.18 Å². The maximum Gasteiger partial charge on any atom is 0.416 e. The summed E-state index contributed by atoms with van der Waals surface area (Å²) in [5.74, 6) is 3.78. The maximum absolute atomic E-state index is 14.1. The fourth-order valence-electron chi connectivity index (χ4n) is 2.63. The average Bonchev–Trinajstić information content (AvgIpc) is 2.98. The number of nitrogens with two attached hydrogens (primary N) is 1. The van der Waals surface area contributed by atoms with Crippen LogP contribution < -0.4 is 11.3 Å². The number of carbonyl (C=O) groups excluding carboxylic acids is 1. The SMILES string of the molecule is NNC(=O)C=Cc1nn(Cc2ccc(Cl)cc2F)c2cc(C(F)(F)F)ccc12. The summed E-state index contributed by atoms with van der Waals surface area (Å²) < 4.78 is 54.7. The number of alkyl halides is 3. The molecule has 0 aliphatic heterocycles. The summed E-state index contributed by atoms with van der Waals surface area (Å²) in [4.78, 5) is 11.3. The van der Waals surface area contributed by atoms with Crippen molar-refractivity contribution in [1.82, 2.24) is 15.2 Å². The number of amides is 1. The Morgan fingerprint density at radius 1 is 1.25 bits per heavy atom. The van der Waals surface area contributed by atoms with Gasteiger partial charge in [0.05, 0.1) is 23.3 Å². The molecule has 0 saturated heterocycles. The molecule has 3 N–H and O–H groups in total. The molecule has 0 fully saturated rings. The Bertz CT molecular complexity index is 1080. The monoisotopic (exact) mass is 412 g/mol. The zero-order valence-corrected chi connectivity index (χ0v) is 14.9. The van der Waals surface area contributed by atoms with Gasteiger partial charge in [-0.25, -0.2) is 10.2 Å².